The van der Waals surface area contributed by atoms with Crippen molar-refractivity contribution in [3.05, 3.63) is 0 Å². The third-order valence-corrected chi connectivity index (χ3v) is 2.41. The second kappa shape index (κ2) is 3.51. The van der Waals surface area contributed by atoms with Crippen LogP contribution in [0.2, 0.25) is 0 Å². The van der Waals surface area contributed by atoms with Gasteiger partial charge in [-0.15, -0.1) is 0 Å². The van der Waals surface area contributed by atoms with Gasteiger partial charge in [-0.25, -0.2) is 0 Å². The number of nitrogens with zero attached hydrogens (tertiary/aromatic N) is 3. The van der Waals surface area contributed by atoms with Crippen molar-refractivity contribution in [3.8, 4) is 0 Å². The Labute approximate surface area is 78.8 Å². The van der Waals surface area contributed by atoms with Crippen LogP contribution >= 0.6 is 0 Å². The molecule has 2 heterocycles. The molecule has 0 aromatic rings. The van der Waals surface area contributed by atoms with Gasteiger partial charge in [0.25, 0.3) is 0 Å². The van der Waals surface area contributed by atoms with Crippen molar-refractivity contribution < 1.29 is 0 Å². The maximum atomic E-state index is 4.19. The van der Waals surface area contributed by atoms with E-state index in [1.807, 2.05) is 0 Å². The molecule has 0 radical (unpaired) electrons. The maximum absolute atomic E-state index is 4.19. The van der Waals surface area contributed by atoms with Gasteiger partial charge in [-0.3, -0.25) is 5.43 Å². The van der Waals surface area contributed by atoms with E-state index < -0.39 is 0 Å². The highest BCUT2D eigenvalue weighted by Crippen LogP contribution is 2.05. The van der Waals surface area contributed by atoms with E-state index in [2.05, 4.69) is 39.7 Å². The van der Waals surface area contributed by atoms with E-state index in [4.69, 9.17) is 0 Å². The summed E-state index contributed by atoms with van der Waals surface area (Å²) < 4.78 is 0. The van der Waals surface area contributed by atoms with Crippen LogP contribution in [-0.4, -0.2) is 62.1 Å². The van der Waals surface area contributed by atoms with Gasteiger partial charge < -0.3 is 15.1 Å². The molecule has 2 aliphatic heterocycles. The average Bonchev–Trinajstić information content (AvgIpc) is 2.49. The zero-order valence-electron chi connectivity index (χ0n) is 8.25. The van der Waals surface area contributed by atoms with Crippen LogP contribution in [0.5, 0.6) is 0 Å². The van der Waals surface area contributed by atoms with Crippen molar-refractivity contribution in [2.45, 2.75) is 6.04 Å². The predicted molar refractivity (Wildman–Crippen MR) is 52.5 cm³/mol. The quantitative estimate of drug-likeness (QED) is 0.558. The number of nitrogens with one attached hydrogen (secondary N) is 2. The molecule has 0 saturated carbocycles. The molecule has 0 aromatic heterocycles. The van der Waals surface area contributed by atoms with Crippen molar-refractivity contribution in [3.63, 3.8) is 0 Å². The van der Waals surface area contributed by atoms with Crippen LogP contribution in [0, 0.1) is 0 Å². The maximum Gasteiger partial charge on any atom is 0.140 e. The Hall–Kier alpha value is -0.810. The minimum absolute atomic E-state index is 0.564. The second-order valence-corrected chi connectivity index (χ2v) is 3.91. The zero-order valence-corrected chi connectivity index (χ0v) is 8.25. The molecule has 5 heteroatoms. The molecule has 1 unspecified atom stereocenters. The Morgan fingerprint density at radius 1 is 1.62 bits per heavy atom. The largest absolute Gasteiger partial charge is 0.337 e. The number of hydrogen-bond donors (Lipinski definition) is 2. The molecule has 0 aromatic carbocycles. The summed E-state index contributed by atoms with van der Waals surface area (Å²) in [7, 11) is 4.21. The Morgan fingerprint density at radius 2 is 2.46 bits per heavy atom. The summed E-state index contributed by atoms with van der Waals surface area (Å²) in [5.74, 6) is 1.15. The molecular weight excluding hydrogens is 166 g/mol. The van der Waals surface area contributed by atoms with Gasteiger partial charge in [-0.05, 0) is 14.1 Å². The van der Waals surface area contributed by atoms with Crippen molar-refractivity contribution >= 4 is 5.84 Å². The third kappa shape index (κ3) is 1.92. The van der Waals surface area contributed by atoms with Crippen LogP contribution in [-0.2, 0) is 0 Å². The summed E-state index contributed by atoms with van der Waals surface area (Å²) in [4.78, 5) is 4.51. The van der Waals surface area contributed by atoms with Gasteiger partial charge in [0.1, 0.15) is 12.5 Å². The fraction of sp³-hybridized carbons (Fsp3) is 0.875. The Balaban J connectivity index is 1.87. The molecule has 1 atom stereocenters. The molecule has 0 amide bonds. The summed E-state index contributed by atoms with van der Waals surface area (Å²) in [5, 5.41) is 7.66. The predicted octanol–water partition coefficient (Wildman–Crippen LogP) is -1.30. The van der Waals surface area contributed by atoms with Gasteiger partial charge in [0, 0.05) is 19.1 Å². The van der Waals surface area contributed by atoms with Gasteiger partial charge in [-0.2, -0.15) is 5.10 Å². The van der Waals surface area contributed by atoms with Crippen LogP contribution in [0.3, 0.4) is 0 Å². The number of likely N-dealkylation sites (N-methyl/N-ethyl adjacent to an activating group) is 1. The molecule has 2 N–H and O–H groups in total. The zero-order chi connectivity index (χ0) is 9.26. The van der Waals surface area contributed by atoms with E-state index in [1.165, 1.54) is 0 Å². The minimum atomic E-state index is 0.564. The fourth-order valence-electron chi connectivity index (χ4n) is 1.82. The number of hydrazone groups is 1. The highest BCUT2D eigenvalue weighted by molar-refractivity contribution is 5.85. The van der Waals surface area contributed by atoms with Crippen LogP contribution in [0.1, 0.15) is 0 Å². The van der Waals surface area contributed by atoms with E-state index in [0.717, 1.165) is 32.1 Å². The van der Waals surface area contributed by atoms with E-state index in [0.29, 0.717) is 6.04 Å². The molecule has 0 spiro atoms. The SMILES string of the molecule is CN(C)CC1CN2CNN=C2CN1. The Morgan fingerprint density at radius 3 is 3.23 bits per heavy atom. The van der Waals surface area contributed by atoms with Gasteiger partial charge in [0.05, 0.1) is 6.54 Å². The fourth-order valence-corrected chi connectivity index (χ4v) is 1.82. The van der Waals surface area contributed by atoms with Gasteiger partial charge in [0.2, 0.25) is 0 Å². The van der Waals surface area contributed by atoms with Crippen LogP contribution in [0.15, 0.2) is 5.10 Å². The molecule has 5 nitrogen and oxygen atoms in total. The lowest BCUT2D eigenvalue weighted by Crippen LogP contribution is -2.55. The van der Waals surface area contributed by atoms with Crippen molar-refractivity contribution in [2.24, 2.45) is 5.10 Å². The normalized spacial score (nSPS) is 27.2. The van der Waals surface area contributed by atoms with E-state index >= 15 is 0 Å². The minimum Gasteiger partial charge on any atom is -0.337 e. The molecule has 1 fully saturated rings. The lowest BCUT2D eigenvalue weighted by molar-refractivity contribution is 0.271. The average molecular weight is 183 g/mol. The van der Waals surface area contributed by atoms with Crippen LogP contribution in [0.4, 0.5) is 0 Å². The molecular formula is C8H17N5. The first kappa shape index (κ1) is 8.77. The van der Waals surface area contributed by atoms with Crippen LogP contribution in [0.25, 0.3) is 0 Å². The molecule has 74 valence electrons. The first-order chi connectivity index (χ1) is 6.25. The molecule has 13 heavy (non-hydrogen) atoms. The summed E-state index contributed by atoms with van der Waals surface area (Å²) in [6.07, 6.45) is 0. The Bertz CT molecular complexity index is 213. The number of piperazine rings is 1. The van der Waals surface area contributed by atoms with Gasteiger partial charge in [0.15, 0.2) is 0 Å². The van der Waals surface area contributed by atoms with Crippen molar-refractivity contribution in [1.29, 1.82) is 0 Å². The summed E-state index contributed by atoms with van der Waals surface area (Å²) in [6, 6.07) is 0.564. The van der Waals surface area contributed by atoms with Crippen molar-refractivity contribution in [2.75, 3.05) is 40.4 Å². The van der Waals surface area contributed by atoms with E-state index in [9.17, 15) is 0 Å². The van der Waals surface area contributed by atoms with E-state index in [1.54, 1.807) is 0 Å². The molecule has 2 aliphatic rings. The molecule has 2 rings (SSSR count). The van der Waals surface area contributed by atoms with Crippen molar-refractivity contribution in [1.82, 2.24) is 20.5 Å². The monoisotopic (exact) mass is 183 g/mol. The summed E-state index contributed by atoms with van der Waals surface area (Å²) >= 11 is 0. The highest BCUT2D eigenvalue weighted by Gasteiger charge is 2.26. The lowest BCUT2D eigenvalue weighted by Gasteiger charge is -2.33. The summed E-state index contributed by atoms with van der Waals surface area (Å²) in [6.45, 7) is 3.92. The lowest BCUT2D eigenvalue weighted by atomic mass is 10.2. The first-order valence-electron chi connectivity index (χ1n) is 4.68. The summed E-state index contributed by atoms with van der Waals surface area (Å²) in [5.41, 5.74) is 3.00. The number of amidine groups is 1. The highest BCUT2D eigenvalue weighted by atomic mass is 15.5. The second-order valence-electron chi connectivity index (χ2n) is 3.91. The number of fused-ring (bicyclic) bond motifs is 1. The number of hydrogen-bond acceptors (Lipinski definition) is 5. The van der Waals surface area contributed by atoms with Crippen LogP contribution < -0.4 is 10.7 Å². The topological polar surface area (TPSA) is 42.9 Å². The standard InChI is InChI=1S/C8H17N5/c1-12(2)4-7-5-13-6-10-11-8(13)3-9-7/h7,9-10H,3-6H2,1-2H3. The first-order valence-corrected chi connectivity index (χ1v) is 4.68. The molecule has 0 bridgehead atoms. The molecule has 0 aliphatic carbocycles. The van der Waals surface area contributed by atoms with Gasteiger partial charge in [-0.1, -0.05) is 0 Å². The third-order valence-electron chi connectivity index (χ3n) is 2.41. The Kier molecular flexibility index (Phi) is 2.37. The molecule has 1 saturated heterocycles. The van der Waals surface area contributed by atoms with Gasteiger partial charge >= 0.3 is 0 Å². The van der Waals surface area contributed by atoms with E-state index in [-0.39, 0.29) is 0 Å². The smallest absolute Gasteiger partial charge is 0.140 e. The number of rotatable bonds is 2.